The smallest absolute Gasteiger partial charge is 0.274 e. The van der Waals surface area contributed by atoms with Gasteiger partial charge in [-0.2, -0.15) is 0 Å². The van der Waals surface area contributed by atoms with Crippen LogP contribution in [0.5, 0.6) is 11.5 Å². The molecule has 0 spiro atoms. The Morgan fingerprint density at radius 1 is 1.27 bits per heavy atom. The number of nitrogens with zero attached hydrogens (tertiary/aromatic N) is 1. The van der Waals surface area contributed by atoms with Gasteiger partial charge in [0.15, 0.2) is 0 Å². The van der Waals surface area contributed by atoms with Crippen molar-refractivity contribution in [3.63, 3.8) is 0 Å². The van der Waals surface area contributed by atoms with Crippen LogP contribution in [0.2, 0.25) is 0 Å². The van der Waals surface area contributed by atoms with E-state index < -0.39 is 5.91 Å². The van der Waals surface area contributed by atoms with Crippen molar-refractivity contribution < 1.29 is 19.8 Å². The average molecular weight is 299 g/mol. The molecule has 112 valence electrons. The van der Waals surface area contributed by atoms with Crippen molar-refractivity contribution in [1.29, 1.82) is 0 Å². The first-order chi connectivity index (χ1) is 10.6. The van der Waals surface area contributed by atoms with Crippen LogP contribution < -0.4 is 10.2 Å². The number of aromatic hydroxyl groups is 1. The van der Waals surface area contributed by atoms with E-state index in [1.807, 2.05) is 0 Å². The highest BCUT2D eigenvalue weighted by Gasteiger charge is 2.13. The van der Waals surface area contributed by atoms with E-state index in [1.165, 1.54) is 19.2 Å². The van der Waals surface area contributed by atoms with Crippen LogP contribution in [-0.4, -0.2) is 33.3 Å². The van der Waals surface area contributed by atoms with Crippen molar-refractivity contribution in [2.75, 3.05) is 7.11 Å². The SMILES string of the molecule is COc1cc(O)ccc1-c1nc2ccc(C(=O)NO)cc2[nH]1. The van der Waals surface area contributed by atoms with Crippen LogP contribution >= 0.6 is 0 Å². The fraction of sp³-hybridized carbons (Fsp3) is 0.0667. The molecule has 0 aliphatic heterocycles. The topological polar surface area (TPSA) is 107 Å². The molecule has 2 aromatic carbocycles. The van der Waals surface area contributed by atoms with E-state index in [0.29, 0.717) is 33.7 Å². The molecule has 0 unspecified atom stereocenters. The zero-order valence-electron chi connectivity index (χ0n) is 11.6. The Balaban J connectivity index is 2.11. The number of phenolic OH excluding ortho intramolecular Hbond substituents is 1. The predicted molar refractivity (Wildman–Crippen MR) is 79.0 cm³/mol. The van der Waals surface area contributed by atoms with E-state index >= 15 is 0 Å². The van der Waals surface area contributed by atoms with E-state index in [1.54, 1.807) is 29.7 Å². The van der Waals surface area contributed by atoms with E-state index in [-0.39, 0.29) is 5.75 Å². The number of methoxy groups -OCH3 is 1. The number of hydroxylamine groups is 1. The number of fused-ring (bicyclic) bond motifs is 1. The molecule has 7 nitrogen and oxygen atoms in total. The Labute approximate surface area is 125 Å². The summed E-state index contributed by atoms with van der Waals surface area (Å²) in [5.74, 6) is 0.527. The van der Waals surface area contributed by atoms with Crippen molar-refractivity contribution in [2.24, 2.45) is 0 Å². The van der Waals surface area contributed by atoms with Gasteiger partial charge in [-0.25, -0.2) is 10.5 Å². The number of H-pyrrole nitrogens is 1. The van der Waals surface area contributed by atoms with Crippen LogP contribution in [0, 0.1) is 0 Å². The summed E-state index contributed by atoms with van der Waals surface area (Å²) in [6, 6.07) is 9.54. The van der Waals surface area contributed by atoms with E-state index in [2.05, 4.69) is 9.97 Å². The largest absolute Gasteiger partial charge is 0.508 e. The Morgan fingerprint density at radius 2 is 2.09 bits per heavy atom. The Hall–Kier alpha value is -3.06. The van der Waals surface area contributed by atoms with Crippen LogP contribution in [0.1, 0.15) is 10.4 Å². The first-order valence-electron chi connectivity index (χ1n) is 6.44. The Morgan fingerprint density at radius 3 is 2.82 bits per heavy atom. The number of aromatic amines is 1. The van der Waals surface area contributed by atoms with Gasteiger partial charge in [0.1, 0.15) is 17.3 Å². The van der Waals surface area contributed by atoms with Crippen LogP contribution in [-0.2, 0) is 0 Å². The predicted octanol–water partition coefficient (Wildman–Crippen LogP) is 2.06. The number of aromatic nitrogens is 2. The summed E-state index contributed by atoms with van der Waals surface area (Å²) >= 11 is 0. The van der Waals surface area contributed by atoms with Gasteiger partial charge in [-0.15, -0.1) is 0 Å². The van der Waals surface area contributed by atoms with Gasteiger partial charge in [0.05, 0.1) is 23.7 Å². The van der Waals surface area contributed by atoms with Gasteiger partial charge in [0, 0.05) is 11.6 Å². The van der Waals surface area contributed by atoms with Gasteiger partial charge < -0.3 is 14.8 Å². The Kier molecular flexibility index (Phi) is 3.40. The number of benzene rings is 2. The van der Waals surface area contributed by atoms with Gasteiger partial charge >= 0.3 is 0 Å². The number of hydrogen-bond acceptors (Lipinski definition) is 5. The molecule has 0 aliphatic carbocycles. The number of hydrogen-bond donors (Lipinski definition) is 4. The van der Waals surface area contributed by atoms with Crippen LogP contribution in [0.3, 0.4) is 0 Å². The van der Waals surface area contributed by atoms with Crippen molar-refractivity contribution >= 4 is 16.9 Å². The second kappa shape index (κ2) is 5.38. The number of amides is 1. The lowest BCUT2D eigenvalue weighted by Gasteiger charge is -2.06. The first-order valence-corrected chi connectivity index (χ1v) is 6.44. The summed E-state index contributed by atoms with van der Waals surface area (Å²) in [6.07, 6.45) is 0. The van der Waals surface area contributed by atoms with Crippen molar-refractivity contribution in [2.45, 2.75) is 0 Å². The van der Waals surface area contributed by atoms with Crippen molar-refractivity contribution in [3.8, 4) is 22.9 Å². The fourth-order valence-corrected chi connectivity index (χ4v) is 2.22. The molecule has 0 fully saturated rings. The molecule has 0 bridgehead atoms. The summed E-state index contributed by atoms with van der Waals surface area (Å²) in [5, 5.41) is 18.2. The highest BCUT2D eigenvalue weighted by molar-refractivity contribution is 5.97. The van der Waals surface area contributed by atoms with E-state index in [4.69, 9.17) is 9.94 Å². The Bertz CT molecular complexity index is 857. The van der Waals surface area contributed by atoms with Crippen molar-refractivity contribution in [1.82, 2.24) is 15.4 Å². The highest BCUT2D eigenvalue weighted by Crippen LogP contribution is 2.32. The standard InChI is InChI=1S/C15H13N3O4/c1-22-13-7-9(19)3-4-10(13)14-16-11-5-2-8(15(20)18-21)6-12(11)17-14/h2-7,19,21H,1H3,(H,16,17)(H,18,20). The van der Waals surface area contributed by atoms with Gasteiger partial charge in [-0.3, -0.25) is 10.0 Å². The number of carbonyl (C=O) groups excluding carboxylic acids is 1. The molecular formula is C15H13N3O4. The van der Waals surface area contributed by atoms with E-state index in [9.17, 15) is 9.90 Å². The third kappa shape index (κ3) is 2.33. The zero-order chi connectivity index (χ0) is 15.7. The number of nitrogens with one attached hydrogen (secondary N) is 2. The molecule has 0 saturated carbocycles. The lowest BCUT2D eigenvalue weighted by molar-refractivity contribution is 0.0706. The maximum absolute atomic E-state index is 11.4. The molecule has 0 aliphatic rings. The molecule has 1 aromatic heterocycles. The van der Waals surface area contributed by atoms with Gasteiger partial charge in [0.2, 0.25) is 0 Å². The number of phenols is 1. The minimum Gasteiger partial charge on any atom is -0.508 e. The third-order valence-corrected chi connectivity index (χ3v) is 3.29. The average Bonchev–Trinajstić information content (AvgIpc) is 2.96. The lowest BCUT2D eigenvalue weighted by Crippen LogP contribution is -2.18. The van der Waals surface area contributed by atoms with Crippen LogP contribution in [0.15, 0.2) is 36.4 Å². The number of ether oxygens (including phenoxy) is 1. The fourth-order valence-electron chi connectivity index (χ4n) is 2.22. The van der Waals surface area contributed by atoms with Gasteiger partial charge in [-0.1, -0.05) is 0 Å². The normalized spacial score (nSPS) is 10.6. The van der Waals surface area contributed by atoms with Gasteiger partial charge in [-0.05, 0) is 30.3 Å². The molecule has 1 heterocycles. The maximum Gasteiger partial charge on any atom is 0.274 e. The number of carbonyl (C=O) groups is 1. The summed E-state index contributed by atoms with van der Waals surface area (Å²) in [7, 11) is 1.50. The molecule has 22 heavy (non-hydrogen) atoms. The second-order valence-corrected chi connectivity index (χ2v) is 4.64. The van der Waals surface area contributed by atoms with Crippen LogP contribution in [0.4, 0.5) is 0 Å². The first kappa shape index (κ1) is 13.9. The summed E-state index contributed by atoms with van der Waals surface area (Å²) in [4.78, 5) is 19.0. The number of imidazole rings is 1. The molecule has 3 aromatic rings. The van der Waals surface area contributed by atoms with E-state index in [0.717, 1.165) is 0 Å². The summed E-state index contributed by atoms with van der Waals surface area (Å²) in [6.45, 7) is 0. The van der Waals surface area contributed by atoms with Crippen LogP contribution in [0.25, 0.3) is 22.4 Å². The minimum absolute atomic E-state index is 0.0959. The molecule has 1 amide bonds. The van der Waals surface area contributed by atoms with Gasteiger partial charge in [0.25, 0.3) is 5.91 Å². The molecule has 3 rings (SSSR count). The zero-order valence-corrected chi connectivity index (χ0v) is 11.6. The molecule has 0 atom stereocenters. The highest BCUT2D eigenvalue weighted by atomic mass is 16.5. The quantitative estimate of drug-likeness (QED) is 0.437. The minimum atomic E-state index is -0.597. The molecule has 4 N–H and O–H groups in total. The summed E-state index contributed by atoms with van der Waals surface area (Å²) in [5.41, 5.74) is 3.89. The lowest BCUT2D eigenvalue weighted by atomic mass is 10.2. The molecule has 0 radical (unpaired) electrons. The summed E-state index contributed by atoms with van der Waals surface area (Å²) < 4.78 is 5.24. The third-order valence-electron chi connectivity index (χ3n) is 3.29. The molecular weight excluding hydrogens is 286 g/mol. The number of rotatable bonds is 3. The monoisotopic (exact) mass is 299 g/mol. The molecule has 0 saturated heterocycles. The maximum atomic E-state index is 11.4. The second-order valence-electron chi connectivity index (χ2n) is 4.64. The van der Waals surface area contributed by atoms with Crippen molar-refractivity contribution in [3.05, 3.63) is 42.0 Å². The molecule has 7 heteroatoms.